The van der Waals surface area contributed by atoms with Crippen molar-refractivity contribution in [1.29, 1.82) is 0 Å². The van der Waals surface area contributed by atoms with E-state index in [0.717, 1.165) is 0 Å². The van der Waals surface area contributed by atoms with Crippen LogP contribution in [0.3, 0.4) is 0 Å². The van der Waals surface area contributed by atoms with Gasteiger partial charge in [0.1, 0.15) is 6.04 Å². The highest BCUT2D eigenvalue weighted by molar-refractivity contribution is 5.95. The van der Waals surface area contributed by atoms with Crippen molar-refractivity contribution in [2.75, 3.05) is 6.54 Å². The molecule has 1 aromatic heterocycles. The summed E-state index contributed by atoms with van der Waals surface area (Å²) >= 11 is 0. The predicted octanol–water partition coefficient (Wildman–Crippen LogP) is 1.27. The fourth-order valence-corrected chi connectivity index (χ4v) is 1.74. The summed E-state index contributed by atoms with van der Waals surface area (Å²) in [5.74, 6) is -1.75. The Morgan fingerprint density at radius 1 is 1.35 bits per heavy atom. The van der Waals surface area contributed by atoms with Gasteiger partial charge in [0.25, 0.3) is 11.8 Å². The predicted molar refractivity (Wildman–Crippen MR) is 83.6 cm³/mol. The molecule has 0 aromatic carbocycles. The van der Waals surface area contributed by atoms with Crippen molar-refractivity contribution in [1.82, 2.24) is 10.6 Å². The Morgan fingerprint density at radius 2 is 2.04 bits per heavy atom. The summed E-state index contributed by atoms with van der Waals surface area (Å²) in [7, 11) is 0. The van der Waals surface area contributed by atoms with E-state index in [0.29, 0.717) is 0 Å². The van der Waals surface area contributed by atoms with E-state index in [2.05, 4.69) is 17.2 Å². The van der Waals surface area contributed by atoms with Crippen LogP contribution in [0, 0.1) is 5.92 Å². The lowest BCUT2D eigenvalue weighted by molar-refractivity contribution is -0.157. The van der Waals surface area contributed by atoms with Gasteiger partial charge in [0.2, 0.25) is 0 Å². The number of nitrogens with one attached hydrogen (secondary N) is 2. The van der Waals surface area contributed by atoms with Crippen LogP contribution in [0.2, 0.25) is 0 Å². The molecule has 1 heterocycles. The molecule has 0 aliphatic carbocycles. The van der Waals surface area contributed by atoms with Crippen molar-refractivity contribution in [2.24, 2.45) is 5.92 Å². The van der Waals surface area contributed by atoms with Gasteiger partial charge in [0.05, 0.1) is 6.26 Å². The number of carbonyl (C=O) groups is 3. The minimum Gasteiger partial charge on any atom is -0.459 e. The van der Waals surface area contributed by atoms with Gasteiger partial charge < -0.3 is 19.8 Å². The molecule has 2 N–H and O–H groups in total. The lowest BCUT2D eigenvalue weighted by Gasteiger charge is -2.22. The molecule has 23 heavy (non-hydrogen) atoms. The van der Waals surface area contributed by atoms with Gasteiger partial charge in [-0.3, -0.25) is 9.59 Å². The number of carbonyl (C=O) groups excluding carboxylic acids is 3. The molecule has 126 valence electrons. The minimum atomic E-state index is -0.968. The number of hydrogen-bond donors (Lipinski definition) is 2. The largest absolute Gasteiger partial charge is 0.459 e. The molecule has 0 unspecified atom stereocenters. The first-order valence-corrected chi connectivity index (χ1v) is 7.30. The summed E-state index contributed by atoms with van der Waals surface area (Å²) in [6.45, 7) is 8.75. The standard InChI is InChI=1S/C16H22N2O5/c1-5-8-17-14(19)11(4)23-16(21)13(10(2)3)18-15(20)12-7-6-9-22-12/h5-7,9-11,13H,1,8H2,2-4H3,(H,17,19)(H,18,20)/t11-,13-/m0/s1. The highest BCUT2D eigenvalue weighted by atomic mass is 16.5. The zero-order chi connectivity index (χ0) is 17.4. The summed E-state index contributed by atoms with van der Waals surface area (Å²) in [4.78, 5) is 35.9. The topological polar surface area (TPSA) is 97.6 Å². The Morgan fingerprint density at radius 3 is 2.57 bits per heavy atom. The van der Waals surface area contributed by atoms with Crippen LogP contribution in [0.4, 0.5) is 0 Å². The summed E-state index contributed by atoms with van der Waals surface area (Å²) in [5.41, 5.74) is 0. The molecular weight excluding hydrogens is 300 g/mol. The highest BCUT2D eigenvalue weighted by Gasteiger charge is 2.29. The lowest BCUT2D eigenvalue weighted by Crippen LogP contribution is -2.47. The number of hydrogen-bond acceptors (Lipinski definition) is 5. The molecule has 7 heteroatoms. The summed E-state index contributed by atoms with van der Waals surface area (Å²) in [6, 6.07) is 2.18. The smallest absolute Gasteiger partial charge is 0.329 e. The van der Waals surface area contributed by atoms with Gasteiger partial charge in [0, 0.05) is 6.54 Å². The van der Waals surface area contributed by atoms with Crippen LogP contribution in [0.5, 0.6) is 0 Å². The molecule has 0 spiro atoms. The molecule has 0 radical (unpaired) electrons. The number of amides is 2. The molecular formula is C16H22N2O5. The number of esters is 1. The first-order valence-electron chi connectivity index (χ1n) is 7.30. The number of rotatable bonds is 8. The summed E-state index contributed by atoms with van der Waals surface area (Å²) in [5, 5.41) is 5.08. The Kier molecular flexibility index (Phi) is 7.05. The molecule has 7 nitrogen and oxygen atoms in total. The summed E-state index contributed by atoms with van der Waals surface area (Å²) < 4.78 is 10.1. The van der Waals surface area contributed by atoms with Gasteiger partial charge >= 0.3 is 5.97 Å². The van der Waals surface area contributed by atoms with Crippen LogP contribution >= 0.6 is 0 Å². The normalized spacial score (nSPS) is 13.0. The maximum atomic E-state index is 12.2. The van der Waals surface area contributed by atoms with Crippen molar-refractivity contribution < 1.29 is 23.5 Å². The first kappa shape index (κ1) is 18.5. The second-order valence-corrected chi connectivity index (χ2v) is 5.29. The van der Waals surface area contributed by atoms with E-state index >= 15 is 0 Å². The van der Waals surface area contributed by atoms with Crippen molar-refractivity contribution in [3.05, 3.63) is 36.8 Å². The third-order valence-electron chi connectivity index (χ3n) is 3.03. The molecule has 0 saturated carbocycles. The Hall–Kier alpha value is -2.57. The maximum Gasteiger partial charge on any atom is 0.329 e. The van der Waals surface area contributed by atoms with Gasteiger partial charge in [-0.1, -0.05) is 19.9 Å². The second-order valence-electron chi connectivity index (χ2n) is 5.29. The minimum absolute atomic E-state index is 0.0974. The van der Waals surface area contributed by atoms with E-state index in [-0.39, 0.29) is 18.2 Å². The fourth-order valence-electron chi connectivity index (χ4n) is 1.74. The molecule has 2 amide bonds. The number of ether oxygens (including phenoxy) is 1. The van der Waals surface area contributed by atoms with Crippen LogP contribution in [-0.2, 0) is 14.3 Å². The van der Waals surface area contributed by atoms with E-state index < -0.39 is 29.9 Å². The zero-order valence-corrected chi connectivity index (χ0v) is 13.5. The molecule has 0 saturated heterocycles. The fraction of sp³-hybridized carbons (Fsp3) is 0.438. The second kappa shape index (κ2) is 8.77. The molecule has 2 atom stereocenters. The molecule has 0 fully saturated rings. The molecule has 1 rings (SSSR count). The van der Waals surface area contributed by atoms with E-state index in [1.165, 1.54) is 25.3 Å². The lowest BCUT2D eigenvalue weighted by atomic mass is 10.0. The number of furan rings is 1. The monoisotopic (exact) mass is 322 g/mol. The van der Waals surface area contributed by atoms with Crippen molar-refractivity contribution in [3.63, 3.8) is 0 Å². The Balaban J connectivity index is 2.66. The summed E-state index contributed by atoms with van der Waals surface area (Å²) in [6.07, 6.45) is 1.92. The van der Waals surface area contributed by atoms with E-state index in [1.54, 1.807) is 19.9 Å². The van der Waals surface area contributed by atoms with Gasteiger partial charge in [-0.25, -0.2) is 4.79 Å². The quantitative estimate of drug-likeness (QED) is 0.555. The van der Waals surface area contributed by atoms with Gasteiger partial charge in [0.15, 0.2) is 11.9 Å². The molecule has 1 aromatic rings. The van der Waals surface area contributed by atoms with Gasteiger partial charge in [-0.2, -0.15) is 0 Å². The van der Waals surface area contributed by atoms with Crippen LogP contribution < -0.4 is 10.6 Å². The molecule has 0 aliphatic rings. The highest BCUT2D eigenvalue weighted by Crippen LogP contribution is 2.08. The van der Waals surface area contributed by atoms with Crippen LogP contribution in [0.1, 0.15) is 31.3 Å². The van der Waals surface area contributed by atoms with Crippen LogP contribution in [-0.4, -0.2) is 36.5 Å². The van der Waals surface area contributed by atoms with E-state index in [4.69, 9.17) is 9.15 Å². The molecule has 0 bridgehead atoms. The third-order valence-corrected chi connectivity index (χ3v) is 3.03. The SMILES string of the molecule is C=CCNC(=O)[C@H](C)OC(=O)[C@@H](NC(=O)c1ccco1)C(C)C. The van der Waals surface area contributed by atoms with Crippen molar-refractivity contribution in [2.45, 2.75) is 32.9 Å². The van der Waals surface area contributed by atoms with Crippen molar-refractivity contribution >= 4 is 17.8 Å². The van der Waals surface area contributed by atoms with Crippen LogP contribution in [0.15, 0.2) is 35.5 Å². The van der Waals surface area contributed by atoms with Crippen LogP contribution in [0.25, 0.3) is 0 Å². The zero-order valence-electron chi connectivity index (χ0n) is 13.5. The first-order chi connectivity index (χ1) is 10.9. The van der Waals surface area contributed by atoms with Crippen molar-refractivity contribution in [3.8, 4) is 0 Å². The van der Waals surface area contributed by atoms with Gasteiger partial charge in [-0.05, 0) is 25.0 Å². The van der Waals surface area contributed by atoms with E-state index in [1.807, 2.05) is 0 Å². The third kappa shape index (κ3) is 5.61. The molecule has 0 aliphatic heterocycles. The van der Waals surface area contributed by atoms with Gasteiger partial charge in [-0.15, -0.1) is 6.58 Å². The average molecular weight is 322 g/mol. The Labute approximate surface area is 135 Å². The van der Waals surface area contributed by atoms with E-state index in [9.17, 15) is 14.4 Å². The maximum absolute atomic E-state index is 12.2. The average Bonchev–Trinajstić information content (AvgIpc) is 3.03. The Bertz CT molecular complexity index is 551.